The summed E-state index contributed by atoms with van der Waals surface area (Å²) in [6, 6.07) is 5.74. The summed E-state index contributed by atoms with van der Waals surface area (Å²) in [5.41, 5.74) is 8.91. The average Bonchev–Trinajstić information content (AvgIpc) is 2.80. The Morgan fingerprint density at radius 3 is 2.74 bits per heavy atom. The maximum absolute atomic E-state index is 12.0. The number of fused-ring (bicyclic) bond motifs is 1. The molecule has 0 spiro atoms. The zero-order valence-electron chi connectivity index (χ0n) is 10.8. The molecule has 1 saturated carbocycles. The highest BCUT2D eigenvalue weighted by molar-refractivity contribution is 5.94. The first-order chi connectivity index (χ1) is 8.66. The summed E-state index contributed by atoms with van der Waals surface area (Å²) in [4.78, 5) is 12.0. The van der Waals surface area contributed by atoms with Crippen molar-refractivity contribution in [3.05, 3.63) is 34.9 Å². The van der Waals surface area contributed by atoms with E-state index in [1.54, 1.807) is 0 Å². The van der Waals surface area contributed by atoms with E-state index < -0.39 is 0 Å². The SMILES string of the molecule is Cl.NC1(CNC(=O)c2ccc3c(c2)COC3)CCC1. The lowest BCUT2D eigenvalue weighted by Gasteiger charge is -2.38. The van der Waals surface area contributed by atoms with Crippen molar-refractivity contribution in [2.75, 3.05) is 6.54 Å². The minimum absolute atomic E-state index is 0. The lowest BCUT2D eigenvalue weighted by molar-refractivity contribution is 0.0929. The number of benzene rings is 1. The van der Waals surface area contributed by atoms with Gasteiger partial charge in [0.2, 0.25) is 0 Å². The van der Waals surface area contributed by atoms with Crippen molar-refractivity contribution in [3.63, 3.8) is 0 Å². The fraction of sp³-hybridized carbons (Fsp3) is 0.500. The highest BCUT2D eigenvalue weighted by atomic mass is 35.5. The van der Waals surface area contributed by atoms with Crippen molar-refractivity contribution < 1.29 is 9.53 Å². The molecule has 0 radical (unpaired) electrons. The Kier molecular flexibility index (Phi) is 4.13. The molecule has 1 aliphatic heterocycles. The second-order valence-electron chi connectivity index (χ2n) is 5.37. The van der Waals surface area contributed by atoms with Crippen LogP contribution >= 0.6 is 12.4 Å². The molecule has 1 aromatic rings. The van der Waals surface area contributed by atoms with E-state index in [4.69, 9.17) is 10.5 Å². The fourth-order valence-corrected chi connectivity index (χ4v) is 2.48. The average molecular weight is 283 g/mol. The number of ether oxygens (including phenoxy) is 1. The van der Waals surface area contributed by atoms with Gasteiger partial charge in [0.15, 0.2) is 0 Å². The number of amides is 1. The van der Waals surface area contributed by atoms with E-state index in [1.165, 1.54) is 12.0 Å². The van der Waals surface area contributed by atoms with Gasteiger partial charge in [-0.3, -0.25) is 4.79 Å². The van der Waals surface area contributed by atoms with E-state index in [9.17, 15) is 4.79 Å². The number of carbonyl (C=O) groups excluding carboxylic acids is 1. The number of hydrogen-bond acceptors (Lipinski definition) is 3. The van der Waals surface area contributed by atoms with Crippen molar-refractivity contribution in [1.82, 2.24) is 5.32 Å². The molecule has 1 aromatic carbocycles. The first-order valence-electron chi connectivity index (χ1n) is 6.43. The van der Waals surface area contributed by atoms with Gasteiger partial charge in [0.25, 0.3) is 5.91 Å². The van der Waals surface area contributed by atoms with Gasteiger partial charge >= 0.3 is 0 Å². The summed E-state index contributed by atoms with van der Waals surface area (Å²) in [7, 11) is 0. The van der Waals surface area contributed by atoms with Crippen LogP contribution in [0.1, 0.15) is 40.7 Å². The van der Waals surface area contributed by atoms with E-state index in [1.807, 2.05) is 18.2 Å². The summed E-state index contributed by atoms with van der Waals surface area (Å²) < 4.78 is 5.34. The van der Waals surface area contributed by atoms with Gasteiger partial charge in [-0.05, 0) is 42.5 Å². The molecule has 0 atom stereocenters. The second kappa shape index (κ2) is 5.49. The van der Waals surface area contributed by atoms with E-state index in [0.29, 0.717) is 25.3 Å². The van der Waals surface area contributed by atoms with Crippen molar-refractivity contribution in [3.8, 4) is 0 Å². The van der Waals surface area contributed by atoms with Gasteiger partial charge in [-0.1, -0.05) is 6.07 Å². The van der Waals surface area contributed by atoms with Crippen LogP contribution in [0, 0.1) is 0 Å². The van der Waals surface area contributed by atoms with E-state index in [-0.39, 0.29) is 23.9 Å². The smallest absolute Gasteiger partial charge is 0.251 e. The van der Waals surface area contributed by atoms with Crippen molar-refractivity contribution in [1.29, 1.82) is 0 Å². The third-order valence-electron chi connectivity index (χ3n) is 3.93. The molecule has 104 valence electrons. The topological polar surface area (TPSA) is 64.3 Å². The van der Waals surface area contributed by atoms with Gasteiger partial charge in [0.1, 0.15) is 0 Å². The Labute approximate surface area is 119 Å². The zero-order valence-corrected chi connectivity index (χ0v) is 11.6. The monoisotopic (exact) mass is 282 g/mol. The quantitative estimate of drug-likeness (QED) is 0.888. The van der Waals surface area contributed by atoms with Gasteiger partial charge in [-0.25, -0.2) is 0 Å². The Bertz CT molecular complexity index is 486. The number of carbonyl (C=O) groups is 1. The molecule has 0 bridgehead atoms. The van der Waals surface area contributed by atoms with Gasteiger partial charge in [0, 0.05) is 17.6 Å². The molecule has 19 heavy (non-hydrogen) atoms. The standard InChI is InChI=1S/C14H18N2O2.ClH/c15-14(4-1-5-14)9-16-13(17)10-2-3-11-7-18-8-12(11)6-10;/h2-3,6H,1,4-5,7-9,15H2,(H,16,17);1H. The Morgan fingerprint density at radius 1 is 1.32 bits per heavy atom. The van der Waals surface area contributed by atoms with Crippen LogP contribution in [0.5, 0.6) is 0 Å². The third-order valence-corrected chi connectivity index (χ3v) is 3.93. The first-order valence-corrected chi connectivity index (χ1v) is 6.43. The number of rotatable bonds is 3. The van der Waals surface area contributed by atoms with Crippen molar-refractivity contribution >= 4 is 18.3 Å². The molecule has 2 aliphatic rings. The lowest BCUT2D eigenvalue weighted by Crippen LogP contribution is -2.54. The minimum Gasteiger partial charge on any atom is -0.372 e. The Morgan fingerprint density at radius 2 is 2.05 bits per heavy atom. The molecule has 3 N–H and O–H groups in total. The molecule has 0 unspecified atom stereocenters. The molecule has 1 heterocycles. The molecule has 5 heteroatoms. The molecule has 0 aromatic heterocycles. The minimum atomic E-state index is -0.171. The normalized spacial score (nSPS) is 19.0. The van der Waals surface area contributed by atoms with Crippen LogP contribution in [0.15, 0.2) is 18.2 Å². The van der Waals surface area contributed by atoms with Gasteiger partial charge in [-0.2, -0.15) is 0 Å². The number of nitrogens with two attached hydrogens (primary N) is 1. The molecule has 4 nitrogen and oxygen atoms in total. The molecule has 1 amide bonds. The maximum Gasteiger partial charge on any atom is 0.251 e. The summed E-state index contributed by atoms with van der Waals surface area (Å²) in [5.74, 6) is -0.0403. The molecular weight excluding hydrogens is 264 g/mol. The van der Waals surface area contributed by atoms with E-state index in [0.717, 1.165) is 18.4 Å². The third kappa shape index (κ3) is 2.91. The van der Waals surface area contributed by atoms with Crippen LogP contribution < -0.4 is 11.1 Å². The highest BCUT2D eigenvalue weighted by Gasteiger charge is 2.32. The number of nitrogens with one attached hydrogen (secondary N) is 1. The highest BCUT2D eigenvalue weighted by Crippen LogP contribution is 2.28. The van der Waals surface area contributed by atoms with Gasteiger partial charge < -0.3 is 15.8 Å². The maximum atomic E-state index is 12.0. The fourth-order valence-electron chi connectivity index (χ4n) is 2.48. The summed E-state index contributed by atoms with van der Waals surface area (Å²) in [5, 5.41) is 2.93. The number of hydrogen-bond donors (Lipinski definition) is 2. The predicted octanol–water partition coefficient (Wildman–Crippen LogP) is 1.75. The molecule has 1 fully saturated rings. The molecule has 3 rings (SSSR count). The van der Waals surface area contributed by atoms with Crippen LogP contribution in [-0.4, -0.2) is 18.0 Å². The van der Waals surface area contributed by atoms with E-state index >= 15 is 0 Å². The van der Waals surface area contributed by atoms with Gasteiger partial charge in [-0.15, -0.1) is 12.4 Å². The number of halogens is 1. The van der Waals surface area contributed by atoms with Crippen LogP contribution in [0.2, 0.25) is 0 Å². The summed E-state index contributed by atoms with van der Waals surface area (Å²) >= 11 is 0. The largest absolute Gasteiger partial charge is 0.372 e. The van der Waals surface area contributed by atoms with Crippen LogP contribution in [0.3, 0.4) is 0 Å². The van der Waals surface area contributed by atoms with Crippen LogP contribution in [0.4, 0.5) is 0 Å². The van der Waals surface area contributed by atoms with Crippen molar-refractivity contribution in [2.45, 2.75) is 38.0 Å². The Hall–Kier alpha value is -1.10. The van der Waals surface area contributed by atoms with Crippen molar-refractivity contribution in [2.24, 2.45) is 5.73 Å². The van der Waals surface area contributed by atoms with E-state index in [2.05, 4.69) is 5.32 Å². The Balaban J connectivity index is 0.00000133. The zero-order chi connectivity index (χ0) is 12.6. The molecule has 1 aliphatic carbocycles. The van der Waals surface area contributed by atoms with Crippen LogP contribution in [-0.2, 0) is 18.0 Å². The second-order valence-corrected chi connectivity index (χ2v) is 5.37. The predicted molar refractivity (Wildman–Crippen MR) is 75.3 cm³/mol. The molecule has 0 saturated heterocycles. The van der Waals surface area contributed by atoms with Crippen LogP contribution in [0.25, 0.3) is 0 Å². The summed E-state index contributed by atoms with van der Waals surface area (Å²) in [6.45, 7) is 1.83. The molecular formula is C14H19ClN2O2. The summed E-state index contributed by atoms with van der Waals surface area (Å²) in [6.07, 6.45) is 3.18. The van der Waals surface area contributed by atoms with Gasteiger partial charge in [0.05, 0.1) is 13.2 Å². The first kappa shape index (κ1) is 14.3. The lowest BCUT2D eigenvalue weighted by atomic mass is 9.78.